The van der Waals surface area contributed by atoms with Gasteiger partial charge in [-0.05, 0) is 17.7 Å². The minimum atomic E-state index is -0.192. The summed E-state index contributed by atoms with van der Waals surface area (Å²) < 4.78 is 11.0. The van der Waals surface area contributed by atoms with E-state index in [2.05, 4.69) is 11.1 Å². The smallest absolute Gasteiger partial charge is 0.100 e. The van der Waals surface area contributed by atoms with Crippen LogP contribution in [0.15, 0.2) is 36.5 Å². The van der Waals surface area contributed by atoms with Gasteiger partial charge in [-0.2, -0.15) is 0 Å². The molecule has 1 aliphatic rings. The molecule has 0 saturated carbocycles. The second-order valence-electron chi connectivity index (χ2n) is 4.47. The van der Waals surface area contributed by atoms with E-state index >= 15 is 0 Å². The highest BCUT2D eigenvalue weighted by molar-refractivity contribution is 5.78. The van der Waals surface area contributed by atoms with E-state index in [0.717, 1.165) is 16.5 Å². The largest absolute Gasteiger partial charge is 0.376 e. The van der Waals surface area contributed by atoms with Gasteiger partial charge < -0.3 is 15.2 Å². The van der Waals surface area contributed by atoms with Gasteiger partial charge >= 0.3 is 0 Å². The number of para-hydroxylation sites is 1. The Morgan fingerprint density at radius 2 is 2.17 bits per heavy atom. The molecule has 3 rings (SSSR count). The summed E-state index contributed by atoms with van der Waals surface area (Å²) in [4.78, 5) is 4.42. The first-order chi connectivity index (χ1) is 8.84. The summed E-state index contributed by atoms with van der Waals surface area (Å²) in [6, 6.07) is 9.89. The van der Waals surface area contributed by atoms with Gasteiger partial charge in [-0.1, -0.05) is 18.2 Å². The molecule has 2 aromatic rings. The van der Waals surface area contributed by atoms with Crippen LogP contribution in [0.25, 0.3) is 10.9 Å². The molecule has 94 valence electrons. The van der Waals surface area contributed by atoms with E-state index in [4.69, 9.17) is 15.2 Å². The van der Waals surface area contributed by atoms with E-state index in [9.17, 15) is 0 Å². The summed E-state index contributed by atoms with van der Waals surface area (Å²) in [7, 11) is 0. The molecular weight excluding hydrogens is 228 g/mol. The topological polar surface area (TPSA) is 57.4 Å². The third-order valence-electron chi connectivity index (χ3n) is 3.24. The average Bonchev–Trinajstić information content (AvgIpc) is 2.47. The van der Waals surface area contributed by atoms with Crippen molar-refractivity contribution in [2.45, 2.75) is 12.1 Å². The first kappa shape index (κ1) is 11.6. The minimum absolute atomic E-state index is 0.0817. The fourth-order valence-electron chi connectivity index (χ4n) is 2.20. The summed E-state index contributed by atoms with van der Waals surface area (Å²) >= 11 is 0. The SMILES string of the molecule is NC(c1cnc2ccccc2c1)C1COCCO1. The fraction of sp³-hybridized carbons (Fsp3) is 0.357. The second kappa shape index (κ2) is 5.02. The van der Waals surface area contributed by atoms with Crippen LogP contribution in [0.5, 0.6) is 0 Å². The van der Waals surface area contributed by atoms with Crippen molar-refractivity contribution < 1.29 is 9.47 Å². The van der Waals surface area contributed by atoms with Crippen molar-refractivity contribution in [2.24, 2.45) is 5.73 Å². The molecule has 0 aliphatic carbocycles. The van der Waals surface area contributed by atoms with Gasteiger partial charge in [0.05, 0.1) is 31.4 Å². The molecule has 0 spiro atoms. The van der Waals surface area contributed by atoms with Crippen molar-refractivity contribution in [1.82, 2.24) is 4.98 Å². The summed E-state index contributed by atoms with van der Waals surface area (Å²) in [5.74, 6) is 0. The van der Waals surface area contributed by atoms with Crippen LogP contribution in [0.4, 0.5) is 0 Å². The second-order valence-corrected chi connectivity index (χ2v) is 4.47. The monoisotopic (exact) mass is 244 g/mol. The molecule has 4 heteroatoms. The summed E-state index contributed by atoms with van der Waals surface area (Å²) in [6.45, 7) is 1.81. The number of rotatable bonds is 2. The lowest BCUT2D eigenvalue weighted by Crippen LogP contribution is -2.37. The maximum Gasteiger partial charge on any atom is 0.100 e. The summed E-state index contributed by atoms with van der Waals surface area (Å²) in [5, 5.41) is 1.10. The fourth-order valence-corrected chi connectivity index (χ4v) is 2.20. The predicted octanol–water partition coefficient (Wildman–Crippen LogP) is 1.65. The molecule has 0 radical (unpaired) electrons. The van der Waals surface area contributed by atoms with Crippen molar-refractivity contribution in [3.63, 3.8) is 0 Å². The predicted molar refractivity (Wildman–Crippen MR) is 69.2 cm³/mol. The van der Waals surface area contributed by atoms with Crippen molar-refractivity contribution in [3.8, 4) is 0 Å². The van der Waals surface area contributed by atoms with Gasteiger partial charge in [0.1, 0.15) is 6.10 Å². The third kappa shape index (κ3) is 2.22. The Hall–Kier alpha value is -1.49. The lowest BCUT2D eigenvalue weighted by Gasteiger charge is -2.28. The lowest BCUT2D eigenvalue weighted by molar-refractivity contribution is -0.0975. The number of pyridine rings is 1. The number of ether oxygens (including phenoxy) is 2. The first-order valence-electron chi connectivity index (χ1n) is 6.14. The Morgan fingerprint density at radius 1 is 1.28 bits per heavy atom. The Labute approximate surface area is 106 Å². The number of hydrogen-bond acceptors (Lipinski definition) is 4. The van der Waals surface area contributed by atoms with E-state index in [-0.39, 0.29) is 12.1 Å². The van der Waals surface area contributed by atoms with Crippen molar-refractivity contribution in [3.05, 3.63) is 42.1 Å². The van der Waals surface area contributed by atoms with Gasteiger partial charge in [-0.15, -0.1) is 0 Å². The number of nitrogens with zero attached hydrogens (tertiary/aromatic N) is 1. The first-order valence-corrected chi connectivity index (χ1v) is 6.14. The Bertz CT molecular complexity index is 538. The number of fused-ring (bicyclic) bond motifs is 1. The summed E-state index contributed by atoms with van der Waals surface area (Å²) in [5.41, 5.74) is 8.19. The molecule has 0 bridgehead atoms. The molecule has 2 atom stereocenters. The van der Waals surface area contributed by atoms with Gasteiger partial charge in [-0.3, -0.25) is 4.98 Å². The van der Waals surface area contributed by atoms with Gasteiger partial charge in [-0.25, -0.2) is 0 Å². The van der Waals surface area contributed by atoms with Crippen LogP contribution < -0.4 is 5.73 Å². The van der Waals surface area contributed by atoms with Crippen LogP contribution in [-0.4, -0.2) is 30.9 Å². The van der Waals surface area contributed by atoms with Gasteiger partial charge in [0.15, 0.2) is 0 Å². The van der Waals surface area contributed by atoms with Crippen molar-refractivity contribution in [2.75, 3.05) is 19.8 Å². The lowest BCUT2D eigenvalue weighted by atomic mass is 10.0. The number of nitrogens with two attached hydrogens (primary N) is 1. The van der Waals surface area contributed by atoms with E-state index in [0.29, 0.717) is 19.8 Å². The third-order valence-corrected chi connectivity index (χ3v) is 3.24. The highest BCUT2D eigenvalue weighted by atomic mass is 16.6. The number of hydrogen-bond donors (Lipinski definition) is 1. The van der Waals surface area contributed by atoms with E-state index in [1.165, 1.54) is 0 Å². The minimum Gasteiger partial charge on any atom is -0.376 e. The molecule has 2 N–H and O–H groups in total. The molecule has 0 amide bonds. The number of benzene rings is 1. The molecule has 1 fully saturated rings. The number of aromatic nitrogens is 1. The molecule has 1 saturated heterocycles. The van der Waals surface area contributed by atoms with Gasteiger partial charge in [0.25, 0.3) is 0 Å². The molecule has 4 nitrogen and oxygen atoms in total. The Morgan fingerprint density at radius 3 is 3.00 bits per heavy atom. The molecule has 1 aliphatic heterocycles. The average molecular weight is 244 g/mol. The van der Waals surface area contributed by atoms with E-state index < -0.39 is 0 Å². The van der Waals surface area contributed by atoms with Crippen LogP contribution in [0.1, 0.15) is 11.6 Å². The molecule has 2 heterocycles. The van der Waals surface area contributed by atoms with Gasteiger partial charge in [0.2, 0.25) is 0 Å². The molecule has 18 heavy (non-hydrogen) atoms. The normalized spacial score (nSPS) is 21.9. The zero-order valence-corrected chi connectivity index (χ0v) is 10.1. The molecule has 1 aromatic carbocycles. The maximum absolute atomic E-state index is 6.22. The quantitative estimate of drug-likeness (QED) is 0.872. The maximum atomic E-state index is 6.22. The highest BCUT2D eigenvalue weighted by Crippen LogP contribution is 2.21. The molecule has 1 aromatic heterocycles. The Balaban J connectivity index is 1.88. The molecular formula is C14H16N2O2. The van der Waals surface area contributed by atoms with Crippen molar-refractivity contribution in [1.29, 1.82) is 0 Å². The van der Waals surface area contributed by atoms with Crippen LogP contribution in [0, 0.1) is 0 Å². The summed E-state index contributed by atoms with van der Waals surface area (Å²) in [6.07, 6.45) is 1.74. The highest BCUT2D eigenvalue weighted by Gasteiger charge is 2.23. The Kier molecular flexibility index (Phi) is 3.23. The zero-order chi connectivity index (χ0) is 12.4. The van der Waals surface area contributed by atoms with Crippen molar-refractivity contribution >= 4 is 10.9 Å². The standard InChI is InChI=1S/C14H16N2O2/c15-14(13-9-17-5-6-18-13)11-7-10-3-1-2-4-12(10)16-8-11/h1-4,7-8,13-14H,5-6,9,15H2. The van der Waals surface area contributed by atoms with Crippen LogP contribution in [0.2, 0.25) is 0 Å². The van der Waals surface area contributed by atoms with E-state index in [1.54, 1.807) is 0 Å². The van der Waals surface area contributed by atoms with E-state index in [1.807, 2.05) is 30.5 Å². The van der Waals surface area contributed by atoms with Crippen LogP contribution in [-0.2, 0) is 9.47 Å². The molecule has 2 unspecified atom stereocenters. The zero-order valence-electron chi connectivity index (χ0n) is 10.1. The van der Waals surface area contributed by atoms with Crippen LogP contribution in [0.3, 0.4) is 0 Å². The van der Waals surface area contributed by atoms with Gasteiger partial charge in [0, 0.05) is 11.6 Å². The van der Waals surface area contributed by atoms with Crippen LogP contribution >= 0.6 is 0 Å².